The minimum atomic E-state index is -0.721. The predicted molar refractivity (Wildman–Crippen MR) is 77.0 cm³/mol. The molecule has 0 atom stereocenters. The molecule has 0 amide bonds. The predicted octanol–water partition coefficient (Wildman–Crippen LogP) is 1.65. The molecule has 110 valence electrons. The maximum absolute atomic E-state index is 9.71. The molecule has 0 saturated heterocycles. The highest BCUT2D eigenvalue weighted by molar-refractivity contribution is 5.46. The van der Waals surface area contributed by atoms with Crippen molar-refractivity contribution in [2.75, 3.05) is 33.9 Å². The van der Waals surface area contributed by atoms with Gasteiger partial charge in [-0.2, -0.15) is 5.26 Å². The largest absolute Gasteiger partial charge is 0.493 e. The Labute approximate surface area is 120 Å². The van der Waals surface area contributed by atoms with Gasteiger partial charge in [-0.3, -0.25) is 0 Å². The Hall–Kier alpha value is -1.77. The number of ether oxygens (including phenoxy) is 2. The molecule has 1 rings (SSSR count). The van der Waals surface area contributed by atoms with Gasteiger partial charge in [-0.15, -0.1) is 0 Å². The van der Waals surface area contributed by atoms with Crippen molar-refractivity contribution in [1.82, 2.24) is 4.90 Å². The molecule has 0 aliphatic rings. The average Bonchev–Trinajstić information content (AvgIpc) is 2.36. The number of likely N-dealkylation sites (N-methyl/N-ethyl adjacent to an activating group) is 1. The zero-order valence-corrected chi connectivity index (χ0v) is 12.5. The van der Waals surface area contributed by atoms with Crippen molar-refractivity contribution in [2.24, 2.45) is 0 Å². The van der Waals surface area contributed by atoms with E-state index >= 15 is 0 Å². The first-order valence-electron chi connectivity index (χ1n) is 6.47. The molecule has 1 aromatic rings. The highest BCUT2D eigenvalue weighted by Gasteiger charge is 2.15. The maximum atomic E-state index is 9.71. The summed E-state index contributed by atoms with van der Waals surface area (Å²) in [6, 6.07) is 7.13. The lowest BCUT2D eigenvalue weighted by Gasteiger charge is -2.25. The van der Waals surface area contributed by atoms with Crippen LogP contribution in [0.5, 0.6) is 11.5 Å². The summed E-state index contributed by atoms with van der Waals surface area (Å²) in [5.41, 5.74) is -0.186. The molecular formula is C15H22N2O3. The molecule has 0 fully saturated rings. The molecule has 1 N–H and O–H groups in total. The van der Waals surface area contributed by atoms with Crippen LogP contribution >= 0.6 is 0 Å². The summed E-state index contributed by atoms with van der Waals surface area (Å²) in [6.45, 7) is 5.28. The van der Waals surface area contributed by atoms with Crippen molar-refractivity contribution in [1.29, 1.82) is 5.26 Å². The summed E-state index contributed by atoms with van der Waals surface area (Å²) in [5.74, 6) is 1.16. The molecule has 0 unspecified atom stereocenters. The van der Waals surface area contributed by atoms with Crippen LogP contribution in [-0.2, 0) is 0 Å². The van der Waals surface area contributed by atoms with E-state index in [-0.39, 0.29) is 0 Å². The van der Waals surface area contributed by atoms with Gasteiger partial charge in [0.05, 0.1) is 24.3 Å². The quantitative estimate of drug-likeness (QED) is 0.821. The van der Waals surface area contributed by atoms with Crippen LogP contribution in [0.2, 0.25) is 0 Å². The molecule has 0 aliphatic carbocycles. The standard InChI is InChI=1S/C15H22N2O3/c1-15(2,18)11-17(3)7-8-20-13-6-5-12(10-16)9-14(13)19-4/h5-6,9,18H,7-8,11H2,1-4H3. The van der Waals surface area contributed by atoms with E-state index in [1.165, 1.54) is 0 Å². The third-order valence-corrected chi connectivity index (χ3v) is 2.68. The summed E-state index contributed by atoms with van der Waals surface area (Å²) in [7, 11) is 3.47. The first kappa shape index (κ1) is 16.3. The number of methoxy groups -OCH3 is 1. The second-order valence-corrected chi connectivity index (χ2v) is 5.38. The van der Waals surface area contributed by atoms with Crippen molar-refractivity contribution in [3.63, 3.8) is 0 Å². The van der Waals surface area contributed by atoms with Crippen molar-refractivity contribution < 1.29 is 14.6 Å². The molecule has 0 radical (unpaired) electrons. The fourth-order valence-corrected chi connectivity index (χ4v) is 1.91. The van der Waals surface area contributed by atoms with Gasteiger partial charge in [0, 0.05) is 19.2 Å². The van der Waals surface area contributed by atoms with Crippen LogP contribution in [-0.4, -0.2) is 49.5 Å². The molecule has 5 nitrogen and oxygen atoms in total. The highest BCUT2D eigenvalue weighted by Crippen LogP contribution is 2.27. The molecular weight excluding hydrogens is 256 g/mol. The van der Waals surface area contributed by atoms with E-state index < -0.39 is 5.60 Å². The molecule has 0 heterocycles. The highest BCUT2D eigenvalue weighted by atomic mass is 16.5. The summed E-state index contributed by atoms with van der Waals surface area (Å²) < 4.78 is 10.9. The van der Waals surface area contributed by atoms with Crippen LogP contribution < -0.4 is 9.47 Å². The van der Waals surface area contributed by atoms with E-state index in [2.05, 4.69) is 6.07 Å². The molecule has 1 aromatic carbocycles. The minimum absolute atomic E-state index is 0.481. The maximum Gasteiger partial charge on any atom is 0.162 e. The summed E-state index contributed by atoms with van der Waals surface area (Å²) >= 11 is 0. The molecule has 0 saturated carbocycles. The van der Waals surface area contributed by atoms with Crippen LogP contribution in [0.4, 0.5) is 0 Å². The van der Waals surface area contributed by atoms with Crippen molar-refractivity contribution >= 4 is 0 Å². The SMILES string of the molecule is COc1cc(C#N)ccc1OCCN(C)CC(C)(C)O. The summed E-state index contributed by atoms with van der Waals surface area (Å²) in [5, 5.41) is 18.5. The lowest BCUT2D eigenvalue weighted by molar-refractivity contribution is 0.0410. The fourth-order valence-electron chi connectivity index (χ4n) is 1.91. The van der Waals surface area contributed by atoms with E-state index in [1.54, 1.807) is 39.2 Å². The zero-order valence-electron chi connectivity index (χ0n) is 12.5. The van der Waals surface area contributed by atoms with Crippen molar-refractivity contribution in [2.45, 2.75) is 19.4 Å². The number of benzene rings is 1. The second kappa shape index (κ2) is 7.13. The Morgan fingerprint density at radius 1 is 1.35 bits per heavy atom. The van der Waals surface area contributed by atoms with E-state index in [4.69, 9.17) is 14.7 Å². The van der Waals surface area contributed by atoms with E-state index in [9.17, 15) is 5.11 Å². The van der Waals surface area contributed by atoms with Crippen molar-refractivity contribution in [3.05, 3.63) is 23.8 Å². The van der Waals surface area contributed by atoms with Gasteiger partial charge in [0.15, 0.2) is 11.5 Å². The van der Waals surface area contributed by atoms with Crippen LogP contribution in [0, 0.1) is 11.3 Å². The number of aliphatic hydroxyl groups is 1. The fraction of sp³-hybridized carbons (Fsp3) is 0.533. The molecule has 0 aromatic heterocycles. The first-order chi connectivity index (χ1) is 9.35. The van der Waals surface area contributed by atoms with Crippen LogP contribution in [0.25, 0.3) is 0 Å². The van der Waals surface area contributed by atoms with Crippen LogP contribution in [0.15, 0.2) is 18.2 Å². The van der Waals surface area contributed by atoms with Gasteiger partial charge >= 0.3 is 0 Å². The first-order valence-corrected chi connectivity index (χ1v) is 6.47. The van der Waals surface area contributed by atoms with Gasteiger partial charge in [0.1, 0.15) is 6.61 Å². The molecule has 20 heavy (non-hydrogen) atoms. The number of nitrogens with zero attached hydrogens (tertiary/aromatic N) is 2. The minimum Gasteiger partial charge on any atom is -0.493 e. The van der Waals surface area contributed by atoms with E-state index in [0.29, 0.717) is 36.8 Å². The van der Waals surface area contributed by atoms with Gasteiger partial charge in [-0.1, -0.05) is 0 Å². The van der Waals surface area contributed by atoms with Crippen molar-refractivity contribution in [3.8, 4) is 17.6 Å². The average molecular weight is 278 g/mol. The summed E-state index contributed by atoms with van der Waals surface area (Å²) in [4.78, 5) is 2.00. The smallest absolute Gasteiger partial charge is 0.162 e. The normalized spacial score (nSPS) is 11.2. The van der Waals surface area contributed by atoms with Gasteiger partial charge in [-0.05, 0) is 33.0 Å². The van der Waals surface area contributed by atoms with E-state index in [0.717, 1.165) is 0 Å². The van der Waals surface area contributed by atoms with Gasteiger partial charge in [-0.25, -0.2) is 0 Å². The van der Waals surface area contributed by atoms with E-state index in [1.807, 2.05) is 11.9 Å². The summed E-state index contributed by atoms with van der Waals surface area (Å²) in [6.07, 6.45) is 0. The Bertz CT molecular complexity index is 475. The molecule has 5 heteroatoms. The van der Waals surface area contributed by atoms with Crippen LogP contribution in [0.1, 0.15) is 19.4 Å². The Kier molecular flexibility index (Phi) is 5.81. The number of rotatable bonds is 7. The molecule has 0 bridgehead atoms. The van der Waals surface area contributed by atoms with Gasteiger partial charge in [0.25, 0.3) is 0 Å². The third kappa shape index (κ3) is 5.47. The van der Waals surface area contributed by atoms with Crippen LogP contribution in [0.3, 0.4) is 0 Å². The lowest BCUT2D eigenvalue weighted by atomic mass is 10.1. The lowest BCUT2D eigenvalue weighted by Crippen LogP contribution is -2.38. The van der Waals surface area contributed by atoms with Gasteiger partial charge in [0.2, 0.25) is 0 Å². The number of nitriles is 1. The zero-order chi connectivity index (χ0) is 15.2. The Morgan fingerprint density at radius 3 is 2.60 bits per heavy atom. The Balaban J connectivity index is 2.52. The van der Waals surface area contributed by atoms with Gasteiger partial charge < -0.3 is 19.5 Å². The number of hydrogen-bond donors (Lipinski definition) is 1. The topological polar surface area (TPSA) is 65.7 Å². The molecule has 0 spiro atoms. The third-order valence-electron chi connectivity index (χ3n) is 2.68. The Morgan fingerprint density at radius 2 is 2.05 bits per heavy atom. The number of hydrogen-bond acceptors (Lipinski definition) is 5. The monoisotopic (exact) mass is 278 g/mol. The second-order valence-electron chi connectivity index (χ2n) is 5.38. The molecule has 0 aliphatic heterocycles.